The third kappa shape index (κ3) is 2.53. The van der Waals surface area contributed by atoms with Crippen LogP contribution in [0.4, 0.5) is 23.7 Å². The van der Waals surface area contributed by atoms with Gasteiger partial charge in [0.15, 0.2) is 0 Å². The lowest BCUT2D eigenvalue weighted by Crippen LogP contribution is -2.25. The number of carbonyl (C=O) groups excluding carboxylic acids is 1. The van der Waals surface area contributed by atoms with E-state index in [-0.39, 0.29) is 18.1 Å². The monoisotopic (exact) mass is 279 g/mol. The lowest BCUT2D eigenvalue weighted by Gasteiger charge is -2.15. The Labute approximate surface area is 106 Å². The molecule has 0 unspecified atom stereocenters. The molecule has 0 spiro atoms. The van der Waals surface area contributed by atoms with Crippen molar-refractivity contribution in [3.8, 4) is 0 Å². The Kier molecular flexibility index (Phi) is 3.38. The zero-order valence-electron chi connectivity index (χ0n) is 9.08. The van der Waals surface area contributed by atoms with Crippen molar-refractivity contribution in [2.75, 3.05) is 17.3 Å². The molecule has 1 heterocycles. The zero-order valence-corrected chi connectivity index (χ0v) is 9.83. The number of carbonyl (C=O) groups is 1. The highest BCUT2D eigenvalue weighted by molar-refractivity contribution is 6.18. The number of ether oxygens (including phenoxy) is 1. The van der Waals surface area contributed by atoms with E-state index in [4.69, 9.17) is 16.3 Å². The van der Waals surface area contributed by atoms with Crippen LogP contribution in [-0.2, 0) is 10.9 Å². The smallest absolute Gasteiger partial charge is 0.416 e. The van der Waals surface area contributed by atoms with Gasteiger partial charge in [-0.3, -0.25) is 4.90 Å². The van der Waals surface area contributed by atoms with Crippen molar-refractivity contribution >= 4 is 23.4 Å². The average Bonchev–Trinajstić information content (AvgIpc) is 2.70. The number of hydrogen-bond donors (Lipinski definition) is 0. The number of benzene rings is 1. The van der Waals surface area contributed by atoms with Crippen LogP contribution in [0.25, 0.3) is 0 Å². The van der Waals surface area contributed by atoms with Crippen LogP contribution >= 0.6 is 11.6 Å². The summed E-state index contributed by atoms with van der Waals surface area (Å²) in [5.41, 5.74) is -0.649. The van der Waals surface area contributed by atoms with Crippen molar-refractivity contribution in [3.05, 3.63) is 29.8 Å². The molecule has 0 bridgehead atoms. The molecule has 0 N–H and O–H groups in total. The zero-order chi connectivity index (χ0) is 13.3. The van der Waals surface area contributed by atoms with Gasteiger partial charge in [0, 0.05) is 5.69 Å². The number of alkyl halides is 4. The summed E-state index contributed by atoms with van der Waals surface area (Å²) in [6, 6.07) is 4.54. The quantitative estimate of drug-likeness (QED) is 0.778. The summed E-state index contributed by atoms with van der Waals surface area (Å²) in [6.45, 7) is 0.156. The summed E-state index contributed by atoms with van der Waals surface area (Å²) in [4.78, 5) is 12.6. The lowest BCUT2D eigenvalue weighted by molar-refractivity contribution is -0.137. The van der Waals surface area contributed by atoms with Crippen LogP contribution in [0.2, 0.25) is 0 Å². The van der Waals surface area contributed by atoms with E-state index < -0.39 is 23.9 Å². The van der Waals surface area contributed by atoms with Crippen LogP contribution in [0.5, 0.6) is 0 Å². The summed E-state index contributed by atoms with van der Waals surface area (Å²) in [5, 5.41) is 0. The number of amides is 1. The SMILES string of the molecule is O=C1O[C@H](CCl)CN1c1cccc(C(F)(F)F)c1. The molecule has 1 aliphatic rings. The second-order valence-corrected chi connectivity index (χ2v) is 4.13. The molecule has 7 heteroatoms. The van der Waals surface area contributed by atoms with Gasteiger partial charge < -0.3 is 4.74 Å². The van der Waals surface area contributed by atoms with Crippen LogP contribution in [0.3, 0.4) is 0 Å². The van der Waals surface area contributed by atoms with Crippen LogP contribution in [-0.4, -0.2) is 24.6 Å². The molecule has 1 atom stereocenters. The van der Waals surface area contributed by atoms with Crippen molar-refractivity contribution in [1.82, 2.24) is 0 Å². The molecule has 1 aromatic rings. The van der Waals surface area contributed by atoms with E-state index >= 15 is 0 Å². The minimum Gasteiger partial charge on any atom is -0.443 e. The Morgan fingerprint density at radius 1 is 1.44 bits per heavy atom. The fraction of sp³-hybridized carbons (Fsp3) is 0.364. The molecule has 1 fully saturated rings. The first kappa shape index (κ1) is 13.0. The minimum atomic E-state index is -4.44. The summed E-state index contributed by atoms with van der Waals surface area (Å²) >= 11 is 5.55. The van der Waals surface area contributed by atoms with Gasteiger partial charge in [-0.25, -0.2) is 4.79 Å². The van der Waals surface area contributed by atoms with E-state index in [2.05, 4.69) is 0 Å². The second kappa shape index (κ2) is 4.68. The minimum absolute atomic E-state index is 0.112. The maximum Gasteiger partial charge on any atom is 0.416 e. The predicted molar refractivity (Wildman–Crippen MR) is 59.8 cm³/mol. The molecule has 3 nitrogen and oxygen atoms in total. The molecule has 1 aromatic carbocycles. The van der Waals surface area contributed by atoms with Crippen LogP contribution < -0.4 is 4.90 Å². The Hall–Kier alpha value is -1.43. The van der Waals surface area contributed by atoms with Gasteiger partial charge in [0.2, 0.25) is 0 Å². The topological polar surface area (TPSA) is 29.5 Å². The first-order chi connectivity index (χ1) is 8.41. The van der Waals surface area contributed by atoms with Gasteiger partial charge in [0.25, 0.3) is 0 Å². The molecule has 18 heavy (non-hydrogen) atoms. The average molecular weight is 280 g/mol. The molecule has 98 valence electrons. The number of hydrogen-bond acceptors (Lipinski definition) is 2. The highest BCUT2D eigenvalue weighted by atomic mass is 35.5. The molecular formula is C11H9ClF3NO2. The Bertz CT molecular complexity index is 464. The van der Waals surface area contributed by atoms with Crippen LogP contribution in [0.15, 0.2) is 24.3 Å². The fourth-order valence-electron chi connectivity index (χ4n) is 1.66. The Morgan fingerprint density at radius 2 is 2.17 bits per heavy atom. The first-order valence-electron chi connectivity index (χ1n) is 5.13. The van der Waals surface area contributed by atoms with Gasteiger partial charge in [0.05, 0.1) is 18.0 Å². The largest absolute Gasteiger partial charge is 0.443 e. The van der Waals surface area contributed by atoms with E-state index in [1.54, 1.807) is 0 Å². The van der Waals surface area contributed by atoms with Gasteiger partial charge in [-0.05, 0) is 18.2 Å². The van der Waals surface area contributed by atoms with Crippen molar-refractivity contribution in [1.29, 1.82) is 0 Å². The highest BCUT2D eigenvalue weighted by Gasteiger charge is 2.34. The predicted octanol–water partition coefficient (Wildman–Crippen LogP) is 3.27. The van der Waals surface area contributed by atoms with E-state index in [1.165, 1.54) is 12.1 Å². The van der Waals surface area contributed by atoms with E-state index in [0.29, 0.717) is 0 Å². The van der Waals surface area contributed by atoms with Gasteiger partial charge in [-0.2, -0.15) is 13.2 Å². The van der Waals surface area contributed by atoms with E-state index in [1.807, 2.05) is 0 Å². The summed E-state index contributed by atoms with van der Waals surface area (Å²) < 4.78 is 42.5. The Morgan fingerprint density at radius 3 is 2.72 bits per heavy atom. The highest BCUT2D eigenvalue weighted by Crippen LogP contribution is 2.32. The van der Waals surface area contributed by atoms with Crippen molar-refractivity contribution in [2.45, 2.75) is 12.3 Å². The van der Waals surface area contributed by atoms with Crippen molar-refractivity contribution in [2.24, 2.45) is 0 Å². The van der Waals surface area contributed by atoms with E-state index in [9.17, 15) is 18.0 Å². The van der Waals surface area contributed by atoms with Crippen molar-refractivity contribution < 1.29 is 22.7 Å². The molecule has 0 saturated carbocycles. The molecule has 0 aromatic heterocycles. The van der Waals surface area contributed by atoms with Crippen LogP contribution in [0.1, 0.15) is 5.56 Å². The normalized spacial score (nSPS) is 20.1. The third-order valence-electron chi connectivity index (χ3n) is 2.53. The number of halogens is 4. The third-order valence-corrected chi connectivity index (χ3v) is 2.88. The number of nitrogens with zero attached hydrogens (tertiary/aromatic N) is 1. The number of rotatable bonds is 2. The van der Waals surface area contributed by atoms with Crippen molar-refractivity contribution in [3.63, 3.8) is 0 Å². The summed E-state index contributed by atoms with van der Waals surface area (Å²) in [5.74, 6) is 0.112. The molecule has 0 radical (unpaired) electrons. The lowest BCUT2D eigenvalue weighted by atomic mass is 10.2. The number of cyclic esters (lactones) is 1. The molecule has 2 rings (SSSR count). The van der Waals surface area contributed by atoms with Gasteiger partial charge >= 0.3 is 12.3 Å². The fourth-order valence-corrected chi connectivity index (χ4v) is 1.82. The van der Waals surface area contributed by atoms with Gasteiger partial charge in [-0.15, -0.1) is 11.6 Å². The van der Waals surface area contributed by atoms with Crippen LogP contribution in [0, 0.1) is 0 Å². The molecule has 1 amide bonds. The molecule has 1 saturated heterocycles. The van der Waals surface area contributed by atoms with Gasteiger partial charge in [-0.1, -0.05) is 6.07 Å². The summed E-state index contributed by atoms with van der Waals surface area (Å²) in [6.07, 6.45) is -5.61. The molecular weight excluding hydrogens is 271 g/mol. The maximum absolute atomic E-state index is 12.5. The molecule has 0 aliphatic carbocycles. The number of anilines is 1. The maximum atomic E-state index is 12.5. The first-order valence-corrected chi connectivity index (χ1v) is 5.66. The standard InChI is InChI=1S/C11H9ClF3NO2/c12-5-9-6-16(10(17)18-9)8-3-1-2-7(4-8)11(13,14)15/h1-4,9H,5-6H2/t9-/m1/s1. The Balaban J connectivity index is 2.27. The summed E-state index contributed by atoms with van der Waals surface area (Å²) in [7, 11) is 0. The molecule has 1 aliphatic heterocycles. The van der Waals surface area contributed by atoms with Gasteiger partial charge in [0.1, 0.15) is 6.10 Å². The second-order valence-electron chi connectivity index (χ2n) is 3.82. The van der Waals surface area contributed by atoms with E-state index in [0.717, 1.165) is 17.0 Å².